The molecule has 3 rings (SSSR count). The maximum absolute atomic E-state index is 12.9. The molecule has 1 aliphatic heterocycles. The van der Waals surface area contributed by atoms with Gasteiger partial charge in [0, 0.05) is 15.6 Å². The molecule has 0 spiro atoms. The van der Waals surface area contributed by atoms with E-state index in [2.05, 4.69) is 40.2 Å². The Morgan fingerprint density at radius 1 is 0.727 bits per heavy atom. The van der Waals surface area contributed by atoms with E-state index < -0.39 is 0 Å². The van der Waals surface area contributed by atoms with E-state index in [0.717, 1.165) is 17.6 Å². The molecule has 2 aromatic rings. The fraction of sp³-hybridized carbons (Fsp3) is 0.333. The highest BCUT2D eigenvalue weighted by atomic mass is 79.9. The molecule has 0 atom stereocenters. The van der Waals surface area contributed by atoms with Crippen molar-refractivity contribution in [2.24, 2.45) is 0 Å². The van der Waals surface area contributed by atoms with Gasteiger partial charge in [0.05, 0.1) is 0 Å². The number of halogens is 2. The highest BCUT2D eigenvalue weighted by Crippen LogP contribution is 2.09. The van der Waals surface area contributed by atoms with Crippen LogP contribution >= 0.6 is 15.9 Å². The smallest absolute Gasteiger partial charge is 0.127 e. The molecule has 4 heteroatoms. The van der Waals surface area contributed by atoms with Gasteiger partial charge < -0.3 is 9.80 Å². The Morgan fingerprint density at radius 3 is 1.59 bits per heavy atom. The highest BCUT2D eigenvalue weighted by molar-refractivity contribution is 9.10. The van der Waals surface area contributed by atoms with Crippen molar-refractivity contribution in [3.05, 3.63) is 69.9 Å². The van der Waals surface area contributed by atoms with E-state index in [0.29, 0.717) is 0 Å². The van der Waals surface area contributed by atoms with E-state index in [4.69, 9.17) is 0 Å². The van der Waals surface area contributed by atoms with Crippen LogP contribution in [0.5, 0.6) is 0 Å². The van der Waals surface area contributed by atoms with Crippen LogP contribution in [-0.4, -0.2) is 26.2 Å². The third-order valence-corrected chi connectivity index (χ3v) is 4.93. The van der Waals surface area contributed by atoms with Crippen LogP contribution in [0.3, 0.4) is 0 Å². The summed E-state index contributed by atoms with van der Waals surface area (Å²) in [5.74, 6) is -0.150. The monoisotopic (exact) mass is 364 g/mol. The highest BCUT2D eigenvalue weighted by Gasteiger charge is 2.23. The Balaban J connectivity index is 1.47. The van der Waals surface area contributed by atoms with E-state index in [9.17, 15) is 4.39 Å². The van der Waals surface area contributed by atoms with E-state index in [1.54, 1.807) is 21.9 Å². The predicted octanol–water partition coefficient (Wildman–Crippen LogP) is 1.07. The van der Waals surface area contributed by atoms with Gasteiger partial charge in [-0.2, -0.15) is 0 Å². The van der Waals surface area contributed by atoms with Gasteiger partial charge in [0.1, 0.15) is 45.1 Å². The molecule has 0 amide bonds. The van der Waals surface area contributed by atoms with Gasteiger partial charge in [0.2, 0.25) is 0 Å². The standard InChI is InChI=1S/C18H20BrFN2/c19-17-5-1-15(2-6-17)13-21-9-11-22(12-10-21)14-16-3-7-18(20)8-4-16/h1-8H,9-14H2/p+2. The molecule has 22 heavy (non-hydrogen) atoms. The molecular weight excluding hydrogens is 343 g/mol. The van der Waals surface area contributed by atoms with Gasteiger partial charge >= 0.3 is 0 Å². The molecule has 0 saturated carbocycles. The predicted molar refractivity (Wildman–Crippen MR) is 89.3 cm³/mol. The van der Waals surface area contributed by atoms with Crippen LogP contribution in [0.1, 0.15) is 11.1 Å². The first-order chi connectivity index (χ1) is 10.7. The first-order valence-electron chi connectivity index (χ1n) is 7.85. The van der Waals surface area contributed by atoms with Crippen LogP contribution in [-0.2, 0) is 13.1 Å². The third kappa shape index (κ3) is 4.38. The molecule has 1 fully saturated rings. The van der Waals surface area contributed by atoms with Crippen molar-refractivity contribution in [1.29, 1.82) is 0 Å². The fourth-order valence-electron chi connectivity index (χ4n) is 3.09. The number of nitrogens with one attached hydrogen (secondary N) is 2. The zero-order chi connectivity index (χ0) is 15.4. The zero-order valence-electron chi connectivity index (χ0n) is 12.6. The minimum Gasteiger partial charge on any atom is -0.322 e. The molecule has 2 aromatic carbocycles. The third-order valence-electron chi connectivity index (χ3n) is 4.40. The lowest BCUT2D eigenvalue weighted by Gasteiger charge is -2.29. The number of rotatable bonds is 4. The van der Waals surface area contributed by atoms with Gasteiger partial charge in [-0.05, 0) is 24.3 Å². The topological polar surface area (TPSA) is 8.88 Å². The fourth-order valence-corrected chi connectivity index (χ4v) is 3.36. The average Bonchev–Trinajstić information content (AvgIpc) is 2.54. The van der Waals surface area contributed by atoms with E-state index in [-0.39, 0.29) is 5.82 Å². The van der Waals surface area contributed by atoms with E-state index >= 15 is 0 Å². The Bertz CT molecular complexity index is 534. The summed E-state index contributed by atoms with van der Waals surface area (Å²) >= 11 is 3.48. The summed E-state index contributed by atoms with van der Waals surface area (Å²) in [6.07, 6.45) is 0. The number of benzene rings is 2. The molecule has 2 N–H and O–H groups in total. The van der Waals surface area contributed by atoms with Crippen molar-refractivity contribution in [1.82, 2.24) is 0 Å². The van der Waals surface area contributed by atoms with Crippen molar-refractivity contribution in [3.63, 3.8) is 0 Å². The number of hydrogen-bond donors (Lipinski definition) is 2. The van der Waals surface area contributed by atoms with E-state index in [1.165, 1.54) is 37.3 Å². The second kappa shape index (κ2) is 7.36. The Labute approximate surface area is 139 Å². The maximum atomic E-state index is 12.9. The molecule has 0 radical (unpaired) electrons. The maximum Gasteiger partial charge on any atom is 0.127 e. The quantitative estimate of drug-likeness (QED) is 0.802. The minimum atomic E-state index is -0.150. The second-order valence-corrected chi connectivity index (χ2v) is 7.02. The van der Waals surface area contributed by atoms with Gasteiger partial charge in [-0.15, -0.1) is 0 Å². The number of hydrogen-bond acceptors (Lipinski definition) is 0. The van der Waals surface area contributed by atoms with Crippen molar-refractivity contribution in [2.45, 2.75) is 13.1 Å². The molecule has 1 saturated heterocycles. The molecule has 1 aliphatic rings. The largest absolute Gasteiger partial charge is 0.322 e. The summed E-state index contributed by atoms with van der Waals surface area (Å²) in [5, 5.41) is 0. The van der Waals surface area contributed by atoms with Crippen LogP contribution in [0.15, 0.2) is 53.0 Å². The van der Waals surface area contributed by atoms with E-state index in [1.807, 2.05) is 12.1 Å². The van der Waals surface area contributed by atoms with Crippen molar-refractivity contribution in [3.8, 4) is 0 Å². The van der Waals surface area contributed by atoms with Gasteiger partial charge in [-0.25, -0.2) is 4.39 Å². The molecule has 0 aromatic heterocycles. The lowest BCUT2D eigenvalue weighted by Crippen LogP contribution is -3.27. The zero-order valence-corrected chi connectivity index (χ0v) is 14.2. The van der Waals surface area contributed by atoms with Crippen LogP contribution < -0.4 is 9.80 Å². The van der Waals surface area contributed by atoms with Crippen molar-refractivity contribution < 1.29 is 14.2 Å². The van der Waals surface area contributed by atoms with Gasteiger partial charge in [-0.3, -0.25) is 0 Å². The second-order valence-electron chi connectivity index (χ2n) is 6.11. The number of piperazine rings is 1. The van der Waals surface area contributed by atoms with Crippen LogP contribution in [0, 0.1) is 5.82 Å². The summed E-state index contributed by atoms with van der Waals surface area (Å²) < 4.78 is 14.1. The lowest BCUT2D eigenvalue weighted by molar-refractivity contribution is -1.02. The summed E-state index contributed by atoms with van der Waals surface area (Å²) in [6, 6.07) is 15.6. The summed E-state index contributed by atoms with van der Waals surface area (Å²) in [5.41, 5.74) is 2.63. The molecule has 0 unspecified atom stereocenters. The van der Waals surface area contributed by atoms with Gasteiger partial charge in [0.15, 0.2) is 0 Å². The van der Waals surface area contributed by atoms with Crippen LogP contribution in [0.4, 0.5) is 4.39 Å². The Hall–Kier alpha value is -1.23. The van der Waals surface area contributed by atoms with Gasteiger partial charge in [0.25, 0.3) is 0 Å². The molecular formula is C18H22BrFN2+2. The van der Waals surface area contributed by atoms with Crippen molar-refractivity contribution >= 4 is 15.9 Å². The summed E-state index contributed by atoms with van der Waals surface area (Å²) in [7, 11) is 0. The summed E-state index contributed by atoms with van der Waals surface area (Å²) in [6.45, 7) is 6.88. The normalized spacial score (nSPS) is 21.7. The van der Waals surface area contributed by atoms with Crippen LogP contribution in [0.25, 0.3) is 0 Å². The number of quaternary nitrogens is 2. The molecule has 0 bridgehead atoms. The first-order valence-corrected chi connectivity index (χ1v) is 8.64. The molecule has 2 nitrogen and oxygen atoms in total. The van der Waals surface area contributed by atoms with Crippen molar-refractivity contribution in [2.75, 3.05) is 26.2 Å². The molecule has 116 valence electrons. The Morgan fingerprint density at radius 2 is 1.14 bits per heavy atom. The molecule has 1 heterocycles. The van der Waals surface area contributed by atoms with Gasteiger partial charge in [-0.1, -0.05) is 40.2 Å². The summed E-state index contributed by atoms with van der Waals surface area (Å²) in [4.78, 5) is 3.26. The first kappa shape index (κ1) is 15.7. The van der Waals surface area contributed by atoms with Crippen LogP contribution in [0.2, 0.25) is 0 Å². The molecule has 0 aliphatic carbocycles. The lowest BCUT2D eigenvalue weighted by atomic mass is 10.1. The SMILES string of the molecule is Fc1ccc(C[NH+]2CC[NH+](Cc3ccc(Br)cc3)CC2)cc1. The Kier molecular flexibility index (Phi) is 5.24. The minimum absolute atomic E-state index is 0.150. The average molecular weight is 365 g/mol.